The lowest BCUT2D eigenvalue weighted by molar-refractivity contribution is 0.415. The average Bonchev–Trinajstić information content (AvgIpc) is 3.46. The number of ether oxygens (including phenoxy) is 1. The molecular formula is C37H42N4O. The number of pyridine rings is 1. The summed E-state index contributed by atoms with van der Waals surface area (Å²) in [4.78, 5) is 7.48. The Balaban J connectivity index is 1.36. The number of para-hydroxylation sites is 1. The first-order chi connectivity index (χ1) is 20.7. The zero-order valence-electron chi connectivity index (χ0n) is 25.1. The second kappa shape index (κ2) is 14.5. The molecule has 0 spiro atoms. The number of hydrogen-bond acceptors (Lipinski definition) is 5. The van der Waals surface area contributed by atoms with Crippen LogP contribution in [-0.2, 0) is 0 Å². The number of methoxy groups -OCH3 is 1. The van der Waals surface area contributed by atoms with Crippen LogP contribution in [0.5, 0.6) is 5.75 Å². The Bertz CT molecular complexity index is 1510. The van der Waals surface area contributed by atoms with Crippen molar-refractivity contribution in [1.29, 1.82) is 0 Å². The van der Waals surface area contributed by atoms with Gasteiger partial charge in [-0.25, -0.2) is 9.99 Å². The van der Waals surface area contributed by atoms with Crippen LogP contribution < -0.4 is 14.6 Å². The molecule has 0 saturated heterocycles. The molecule has 5 nitrogen and oxygen atoms in total. The first-order valence-electron chi connectivity index (χ1n) is 15.2. The van der Waals surface area contributed by atoms with Crippen LogP contribution in [0, 0.1) is 0 Å². The zero-order chi connectivity index (χ0) is 29.1. The first-order valence-corrected chi connectivity index (χ1v) is 15.2. The molecule has 0 radical (unpaired) electrons. The van der Waals surface area contributed by atoms with Crippen molar-refractivity contribution in [2.75, 3.05) is 30.1 Å². The van der Waals surface area contributed by atoms with Crippen molar-refractivity contribution < 1.29 is 4.74 Å². The highest BCUT2D eigenvalue weighted by molar-refractivity contribution is 6.01. The molecule has 1 aromatic heterocycles. The van der Waals surface area contributed by atoms with Crippen molar-refractivity contribution >= 4 is 40.3 Å². The molecule has 0 saturated carbocycles. The standard InChI is InChI=1S/C37H42N4O/c1-4-6-26-40(27-7-5-2)33-20-13-30(14-21-33)15-22-34-28-32(19-12-29-16-23-35(42-3)24-17-29)39-41(34)37-25-18-31-10-8-9-11-36(31)38-37/h8-25,34H,4-7,26-28H2,1-3H3. The highest BCUT2D eigenvalue weighted by Crippen LogP contribution is 2.28. The maximum atomic E-state index is 5.30. The van der Waals surface area contributed by atoms with Crippen LogP contribution in [0.4, 0.5) is 11.5 Å². The number of allylic oxidation sites excluding steroid dienone is 1. The number of nitrogens with zero attached hydrogens (tertiary/aromatic N) is 4. The van der Waals surface area contributed by atoms with E-state index in [1.165, 1.54) is 36.9 Å². The van der Waals surface area contributed by atoms with E-state index in [9.17, 15) is 0 Å². The number of anilines is 2. The van der Waals surface area contributed by atoms with Crippen LogP contribution in [-0.4, -0.2) is 36.9 Å². The van der Waals surface area contributed by atoms with Gasteiger partial charge in [0.05, 0.1) is 24.4 Å². The Morgan fingerprint density at radius 2 is 1.50 bits per heavy atom. The molecule has 0 N–H and O–H groups in total. The maximum absolute atomic E-state index is 5.30. The van der Waals surface area contributed by atoms with Gasteiger partial charge in [0, 0.05) is 30.6 Å². The van der Waals surface area contributed by atoms with Gasteiger partial charge in [-0.05, 0) is 72.5 Å². The summed E-state index contributed by atoms with van der Waals surface area (Å²) in [6.07, 6.45) is 14.4. The minimum absolute atomic E-state index is 0.0689. The lowest BCUT2D eigenvalue weighted by Gasteiger charge is -2.25. The molecule has 4 aromatic rings. The summed E-state index contributed by atoms with van der Waals surface area (Å²) in [6.45, 7) is 6.75. The van der Waals surface area contributed by atoms with Gasteiger partial charge < -0.3 is 9.64 Å². The molecule has 216 valence electrons. The molecule has 1 atom stereocenters. The number of benzene rings is 3. The Hall–Kier alpha value is -4.38. The van der Waals surface area contributed by atoms with E-state index in [-0.39, 0.29) is 6.04 Å². The van der Waals surface area contributed by atoms with Gasteiger partial charge in [0.25, 0.3) is 0 Å². The number of fused-ring (bicyclic) bond motifs is 1. The second-order valence-electron chi connectivity index (χ2n) is 10.8. The monoisotopic (exact) mass is 558 g/mol. The summed E-state index contributed by atoms with van der Waals surface area (Å²) in [5, 5.41) is 8.21. The molecule has 0 amide bonds. The smallest absolute Gasteiger partial charge is 0.150 e. The molecule has 0 fully saturated rings. The molecule has 2 heterocycles. The molecule has 0 bridgehead atoms. The van der Waals surface area contributed by atoms with Crippen molar-refractivity contribution in [1.82, 2.24) is 4.98 Å². The van der Waals surface area contributed by atoms with Crippen LogP contribution >= 0.6 is 0 Å². The van der Waals surface area contributed by atoms with Gasteiger partial charge in [-0.3, -0.25) is 0 Å². The van der Waals surface area contributed by atoms with E-state index in [0.717, 1.165) is 53.3 Å². The van der Waals surface area contributed by atoms with Crippen molar-refractivity contribution in [3.8, 4) is 5.75 Å². The van der Waals surface area contributed by atoms with Gasteiger partial charge in [-0.15, -0.1) is 0 Å². The van der Waals surface area contributed by atoms with Gasteiger partial charge >= 0.3 is 0 Å². The van der Waals surface area contributed by atoms with Crippen molar-refractivity contribution in [2.45, 2.75) is 52.0 Å². The maximum Gasteiger partial charge on any atom is 0.150 e. The Morgan fingerprint density at radius 3 is 2.21 bits per heavy atom. The van der Waals surface area contributed by atoms with Crippen molar-refractivity contribution in [2.24, 2.45) is 5.10 Å². The van der Waals surface area contributed by atoms with E-state index in [0.29, 0.717) is 0 Å². The molecular weight excluding hydrogens is 516 g/mol. The Morgan fingerprint density at radius 1 is 0.810 bits per heavy atom. The Labute approximate surface area is 250 Å². The third-order valence-corrected chi connectivity index (χ3v) is 7.70. The predicted molar refractivity (Wildman–Crippen MR) is 180 cm³/mol. The van der Waals surface area contributed by atoms with E-state index in [1.54, 1.807) is 7.11 Å². The van der Waals surface area contributed by atoms with E-state index in [2.05, 4.69) is 109 Å². The highest BCUT2D eigenvalue weighted by atomic mass is 16.5. The molecule has 5 heteroatoms. The third kappa shape index (κ3) is 7.47. The van der Waals surface area contributed by atoms with Gasteiger partial charge in [-0.2, -0.15) is 5.10 Å². The number of hydrogen-bond donors (Lipinski definition) is 0. The Kier molecular flexibility index (Phi) is 10.1. The minimum atomic E-state index is 0.0689. The van der Waals surface area contributed by atoms with Crippen LogP contribution in [0.25, 0.3) is 23.1 Å². The van der Waals surface area contributed by atoms with Crippen LogP contribution in [0.3, 0.4) is 0 Å². The lowest BCUT2D eigenvalue weighted by Crippen LogP contribution is -2.25. The molecule has 1 unspecified atom stereocenters. The SMILES string of the molecule is CCCCN(CCCC)c1ccc(C=CC2CC(C=Cc3ccc(OC)cc3)=NN2c2ccc3ccccc3n2)cc1. The van der Waals surface area contributed by atoms with E-state index < -0.39 is 0 Å². The van der Waals surface area contributed by atoms with Crippen LogP contribution in [0.15, 0.2) is 102 Å². The topological polar surface area (TPSA) is 41.0 Å². The van der Waals surface area contributed by atoms with E-state index >= 15 is 0 Å². The number of aromatic nitrogens is 1. The first kappa shape index (κ1) is 29.1. The number of rotatable bonds is 13. The van der Waals surface area contributed by atoms with E-state index in [1.807, 2.05) is 24.3 Å². The summed E-state index contributed by atoms with van der Waals surface area (Å²) in [5.41, 5.74) is 5.61. The summed E-state index contributed by atoms with van der Waals surface area (Å²) < 4.78 is 5.30. The summed E-state index contributed by atoms with van der Waals surface area (Å²) in [5.74, 6) is 1.71. The third-order valence-electron chi connectivity index (χ3n) is 7.70. The van der Waals surface area contributed by atoms with Crippen molar-refractivity contribution in [3.05, 3.63) is 108 Å². The van der Waals surface area contributed by atoms with E-state index in [4.69, 9.17) is 14.8 Å². The van der Waals surface area contributed by atoms with Gasteiger partial charge in [0.1, 0.15) is 11.6 Å². The summed E-state index contributed by atoms with van der Waals surface area (Å²) >= 11 is 0. The summed E-state index contributed by atoms with van der Waals surface area (Å²) in [7, 11) is 1.69. The molecule has 1 aliphatic rings. The molecule has 5 rings (SSSR count). The lowest BCUT2D eigenvalue weighted by atomic mass is 10.1. The van der Waals surface area contributed by atoms with Gasteiger partial charge in [-0.1, -0.05) is 87.4 Å². The summed E-state index contributed by atoms with van der Waals surface area (Å²) in [6, 6.07) is 29.5. The fraction of sp³-hybridized carbons (Fsp3) is 0.297. The normalized spacial score (nSPS) is 15.2. The highest BCUT2D eigenvalue weighted by Gasteiger charge is 2.25. The second-order valence-corrected chi connectivity index (χ2v) is 10.8. The van der Waals surface area contributed by atoms with Gasteiger partial charge in [0.2, 0.25) is 0 Å². The largest absolute Gasteiger partial charge is 0.497 e. The molecule has 42 heavy (non-hydrogen) atoms. The number of hydrazone groups is 1. The average molecular weight is 559 g/mol. The van der Waals surface area contributed by atoms with Crippen molar-refractivity contribution in [3.63, 3.8) is 0 Å². The zero-order valence-corrected chi connectivity index (χ0v) is 25.1. The number of unbranched alkanes of at least 4 members (excludes halogenated alkanes) is 2. The minimum Gasteiger partial charge on any atom is -0.497 e. The predicted octanol–water partition coefficient (Wildman–Crippen LogP) is 9.01. The fourth-order valence-electron chi connectivity index (χ4n) is 5.20. The molecule has 0 aliphatic carbocycles. The van der Waals surface area contributed by atoms with Crippen LogP contribution in [0.2, 0.25) is 0 Å². The fourth-order valence-corrected chi connectivity index (χ4v) is 5.20. The molecule has 3 aromatic carbocycles. The quantitative estimate of drug-likeness (QED) is 0.164. The van der Waals surface area contributed by atoms with Gasteiger partial charge in [0.15, 0.2) is 0 Å². The van der Waals surface area contributed by atoms with Crippen LogP contribution in [0.1, 0.15) is 57.1 Å². The molecule has 1 aliphatic heterocycles.